The van der Waals surface area contributed by atoms with Crippen molar-refractivity contribution in [2.75, 3.05) is 19.8 Å². The average molecular weight is 471 g/mol. The number of nitriles is 1. The Morgan fingerprint density at radius 1 is 0.914 bits per heavy atom. The first-order valence-electron chi connectivity index (χ1n) is 11.6. The molecule has 0 aliphatic heterocycles. The highest BCUT2D eigenvalue weighted by Crippen LogP contribution is 2.31. The molecule has 3 aromatic carbocycles. The van der Waals surface area contributed by atoms with Crippen molar-refractivity contribution in [1.82, 2.24) is 5.32 Å². The van der Waals surface area contributed by atoms with E-state index in [9.17, 15) is 10.1 Å². The van der Waals surface area contributed by atoms with Crippen LogP contribution >= 0.6 is 0 Å². The second-order valence-corrected chi connectivity index (χ2v) is 7.73. The maximum atomic E-state index is 12.4. The van der Waals surface area contributed by atoms with Crippen LogP contribution in [0.4, 0.5) is 0 Å². The van der Waals surface area contributed by atoms with E-state index >= 15 is 0 Å². The van der Waals surface area contributed by atoms with E-state index in [1.54, 1.807) is 24.3 Å². The van der Waals surface area contributed by atoms with Gasteiger partial charge in [-0.2, -0.15) is 5.26 Å². The summed E-state index contributed by atoms with van der Waals surface area (Å²) in [5.41, 5.74) is 2.75. The third-order valence-electron chi connectivity index (χ3n) is 5.07. The Morgan fingerprint density at radius 2 is 1.54 bits per heavy atom. The minimum absolute atomic E-state index is 0.0216. The van der Waals surface area contributed by atoms with E-state index < -0.39 is 5.91 Å². The molecule has 0 aromatic heterocycles. The van der Waals surface area contributed by atoms with Crippen molar-refractivity contribution < 1.29 is 19.0 Å². The van der Waals surface area contributed by atoms with Crippen LogP contribution in [0.2, 0.25) is 0 Å². The zero-order valence-corrected chi connectivity index (χ0v) is 19.9. The highest BCUT2D eigenvalue weighted by molar-refractivity contribution is 6.01. The molecule has 3 aromatic rings. The van der Waals surface area contributed by atoms with Crippen LogP contribution in [0, 0.1) is 11.3 Å². The zero-order valence-electron chi connectivity index (χ0n) is 19.9. The number of hydrogen-bond donors (Lipinski definition) is 1. The molecule has 35 heavy (non-hydrogen) atoms. The number of hydrogen-bond acceptors (Lipinski definition) is 5. The van der Waals surface area contributed by atoms with Crippen molar-refractivity contribution in [1.29, 1.82) is 5.26 Å². The lowest BCUT2D eigenvalue weighted by molar-refractivity contribution is -0.117. The van der Waals surface area contributed by atoms with E-state index in [0.29, 0.717) is 56.5 Å². The molecule has 0 unspecified atom stereocenters. The highest BCUT2D eigenvalue weighted by Gasteiger charge is 2.11. The summed E-state index contributed by atoms with van der Waals surface area (Å²) < 4.78 is 17.4. The summed E-state index contributed by atoms with van der Waals surface area (Å²) in [6.45, 7) is 4.32. The van der Waals surface area contributed by atoms with Crippen LogP contribution in [0.15, 0.2) is 84.4 Å². The maximum absolute atomic E-state index is 12.4. The predicted octanol–water partition coefficient (Wildman–Crippen LogP) is 5.29. The van der Waals surface area contributed by atoms with Gasteiger partial charge in [0.25, 0.3) is 5.91 Å². The molecule has 3 rings (SSSR count). The van der Waals surface area contributed by atoms with Crippen molar-refractivity contribution in [2.45, 2.75) is 26.6 Å². The fourth-order valence-electron chi connectivity index (χ4n) is 3.25. The minimum atomic E-state index is -0.417. The van der Waals surface area contributed by atoms with Crippen LogP contribution in [-0.4, -0.2) is 25.7 Å². The fourth-order valence-corrected chi connectivity index (χ4v) is 3.25. The van der Waals surface area contributed by atoms with Crippen molar-refractivity contribution in [3.63, 3.8) is 0 Å². The maximum Gasteiger partial charge on any atom is 0.261 e. The second kappa shape index (κ2) is 14.2. The van der Waals surface area contributed by atoms with Gasteiger partial charge in [0, 0.05) is 19.8 Å². The molecule has 0 radical (unpaired) electrons. The van der Waals surface area contributed by atoms with Gasteiger partial charge in [-0.1, -0.05) is 66.7 Å². The lowest BCUT2D eigenvalue weighted by Gasteiger charge is -2.14. The number of carbonyl (C=O) groups is 1. The monoisotopic (exact) mass is 470 g/mol. The van der Waals surface area contributed by atoms with Gasteiger partial charge in [0.2, 0.25) is 0 Å². The Kier molecular flexibility index (Phi) is 10.4. The van der Waals surface area contributed by atoms with E-state index in [-0.39, 0.29) is 5.57 Å². The van der Waals surface area contributed by atoms with Crippen LogP contribution in [-0.2, 0) is 22.7 Å². The number of ether oxygens (including phenoxy) is 3. The molecule has 0 bridgehead atoms. The Bertz CT molecular complexity index is 1140. The molecular weight excluding hydrogens is 440 g/mol. The van der Waals surface area contributed by atoms with Gasteiger partial charge in [0.05, 0.1) is 0 Å². The summed E-state index contributed by atoms with van der Waals surface area (Å²) in [4.78, 5) is 12.4. The molecule has 1 amide bonds. The van der Waals surface area contributed by atoms with Gasteiger partial charge in [0.15, 0.2) is 11.5 Å². The number of carbonyl (C=O) groups excluding carboxylic acids is 1. The largest absolute Gasteiger partial charge is 0.485 e. The van der Waals surface area contributed by atoms with Gasteiger partial charge < -0.3 is 19.5 Å². The van der Waals surface area contributed by atoms with E-state index in [4.69, 9.17) is 14.2 Å². The Labute approximate surface area is 206 Å². The summed E-state index contributed by atoms with van der Waals surface area (Å²) in [5.74, 6) is 0.703. The molecule has 0 aliphatic carbocycles. The standard InChI is InChI=1S/C29H30N2O4/c1-2-33-17-9-16-31-29(32)26(20-30)18-25-14-15-27(34-21-23-10-5-3-6-11-23)28(19-25)35-22-24-12-7-4-8-13-24/h3-8,10-15,18-19H,2,9,16-17,21-22H2,1H3,(H,31,32)/b26-18+. The third-order valence-corrected chi connectivity index (χ3v) is 5.07. The molecular formula is C29H30N2O4. The lowest BCUT2D eigenvalue weighted by atomic mass is 10.1. The first-order chi connectivity index (χ1) is 17.2. The van der Waals surface area contributed by atoms with Gasteiger partial charge in [-0.15, -0.1) is 0 Å². The summed E-state index contributed by atoms with van der Waals surface area (Å²) in [7, 11) is 0. The number of rotatable bonds is 13. The van der Waals surface area contributed by atoms with Gasteiger partial charge in [0.1, 0.15) is 24.9 Å². The minimum Gasteiger partial charge on any atom is -0.485 e. The summed E-state index contributed by atoms with van der Waals surface area (Å²) >= 11 is 0. The SMILES string of the molecule is CCOCCCNC(=O)/C(C#N)=C/c1ccc(OCc2ccccc2)c(OCc2ccccc2)c1. The first-order valence-corrected chi connectivity index (χ1v) is 11.6. The van der Waals surface area contributed by atoms with E-state index in [0.717, 1.165) is 11.1 Å². The van der Waals surface area contributed by atoms with Crippen molar-refractivity contribution in [3.05, 3.63) is 101 Å². The molecule has 0 aliphatic rings. The molecule has 0 saturated carbocycles. The van der Waals surface area contributed by atoms with Crippen molar-refractivity contribution >= 4 is 12.0 Å². The van der Waals surface area contributed by atoms with E-state index in [1.807, 2.05) is 73.7 Å². The molecule has 6 nitrogen and oxygen atoms in total. The molecule has 1 N–H and O–H groups in total. The van der Waals surface area contributed by atoms with E-state index in [2.05, 4.69) is 5.32 Å². The van der Waals surface area contributed by atoms with Crippen molar-refractivity contribution in [3.8, 4) is 17.6 Å². The number of nitrogens with one attached hydrogen (secondary N) is 1. The molecule has 0 spiro atoms. The molecule has 0 saturated heterocycles. The molecule has 180 valence electrons. The van der Waals surface area contributed by atoms with Crippen LogP contribution in [0.3, 0.4) is 0 Å². The lowest BCUT2D eigenvalue weighted by Crippen LogP contribution is -2.26. The predicted molar refractivity (Wildman–Crippen MR) is 136 cm³/mol. The Balaban J connectivity index is 1.75. The third kappa shape index (κ3) is 8.65. The second-order valence-electron chi connectivity index (χ2n) is 7.73. The van der Waals surface area contributed by atoms with E-state index in [1.165, 1.54) is 0 Å². The number of benzene rings is 3. The van der Waals surface area contributed by atoms with Gasteiger partial charge in [-0.05, 0) is 48.2 Å². The molecule has 0 heterocycles. The smallest absolute Gasteiger partial charge is 0.261 e. The van der Waals surface area contributed by atoms with Crippen LogP contribution in [0.25, 0.3) is 6.08 Å². The van der Waals surface area contributed by atoms with Gasteiger partial charge >= 0.3 is 0 Å². The molecule has 6 heteroatoms. The highest BCUT2D eigenvalue weighted by atomic mass is 16.5. The van der Waals surface area contributed by atoms with Crippen LogP contribution in [0.5, 0.6) is 11.5 Å². The van der Waals surface area contributed by atoms with Crippen molar-refractivity contribution in [2.24, 2.45) is 0 Å². The first kappa shape index (κ1) is 25.5. The summed E-state index contributed by atoms with van der Waals surface area (Å²) in [6, 6.07) is 27.1. The van der Waals surface area contributed by atoms with Crippen LogP contribution in [0.1, 0.15) is 30.0 Å². The Hall–Kier alpha value is -4.08. The van der Waals surface area contributed by atoms with Gasteiger partial charge in [-0.3, -0.25) is 4.79 Å². The zero-order chi connectivity index (χ0) is 24.7. The molecule has 0 atom stereocenters. The van der Waals surface area contributed by atoms with Gasteiger partial charge in [-0.25, -0.2) is 0 Å². The summed E-state index contributed by atoms with van der Waals surface area (Å²) in [5, 5.41) is 12.3. The average Bonchev–Trinajstić information content (AvgIpc) is 2.90. The Morgan fingerprint density at radius 3 is 2.14 bits per heavy atom. The number of nitrogens with zero attached hydrogens (tertiary/aromatic N) is 1. The fraction of sp³-hybridized carbons (Fsp3) is 0.241. The normalized spacial score (nSPS) is 10.9. The molecule has 0 fully saturated rings. The quantitative estimate of drug-likeness (QED) is 0.208. The topological polar surface area (TPSA) is 80.6 Å². The van der Waals surface area contributed by atoms with Crippen LogP contribution < -0.4 is 14.8 Å². The summed E-state index contributed by atoms with van der Waals surface area (Å²) in [6.07, 6.45) is 2.23. The number of amides is 1.